The SMILES string of the molecule is CCCO[N+](OC)(OC)OC(C)(CC)CC. The van der Waals surface area contributed by atoms with E-state index in [1.165, 1.54) is 14.2 Å². The van der Waals surface area contributed by atoms with E-state index in [2.05, 4.69) is 13.8 Å². The predicted octanol–water partition coefficient (Wildman–Crippen LogP) is 2.78. The van der Waals surface area contributed by atoms with Crippen LogP contribution in [0.15, 0.2) is 0 Å². The van der Waals surface area contributed by atoms with E-state index in [9.17, 15) is 0 Å². The molecule has 0 spiro atoms. The summed E-state index contributed by atoms with van der Waals surface area (Å²) in [4.78, 5) is 21.6. The van der Waals surface area contributed by atoms with Crippen molar-refractivity contribution in [2.75, 3.05) is 20.8 Å². The van der Waals surface area contributed by atoms with Gasteiger partial charge in [-0.1, -0.05) is 40.1 Å². The first kappa shape index (κ1) is 15.8. The fraction of sp³-hybridized carbons (Fsp3) is 1.00. The minimum absolute atomic E-state index is 0.334. The molecule has 0 aliphatic carbocycles. The molecule has 0 bridgehead atoms. The van der Waals surface area contributed by atoms with Crippen molar-refractivity contribution in [2.45, 2.75) is 52.6 Å². The first-order chi connectivity index (χ1) is 7.51. The second-order valence-corrected chi connectivity index (χ2v) is 3.89. The summed E-state index contributed by atoms with van der Waals surface area (Å²) in [6, 6.07) is 0. The Morgan fingerprint density at radius 2 is 1.50 bits per heavy atom. The van der Waals surface area contributed by atoms with Gasteiger partial charge in [0.1, 0.15) is 26.4 Å². The summed E-state index contributed by atoms with van der Waals surface area (Å²) in [6.07, 6.45) is 2.57. The van der Waals surface area contributed by atoms with Crippen molar-refractivity contribution >= 4 is 0 Å². The van der Waals surface area contributed by atoms with E-state index >= 15 is 0 Å². The van der Waals surface area contributed by atoms with Crippen molar-refractivity contribution in [2.24, 2.45) is 0 Å². The largest absolute Gasteiger partial charge is 0.247 e. The maximum Gasteiger partial charge on any atom is 0.247 e. The Morgan fingerprint density at radius 1 is 1.00 bits per heavy atom. The van der Waals surface area contributed by atoms with Crippen LogP contribution >= 0.6 is 0 Å². The van der Waals surface area contributed by atoms with Gasteiger partial charge in [-0.2, -0.15) is 0 Å². The van der Waals surface area contributed by atoms with Crippen LogP contribution in [0.3, 0.4) is 0 Å². The normalized spacial score (nSPS) is 13.1. The molecule has 0 aromatic carbocycles. The van der Waals surface area contributed by atoms with E-state index in [0.29, 0.717) is 6.61 Å². The fourth-order valence-corrected chi connectivity index (χ4v) is 1.13. The van der Waals surface area contributed by atoms with Crippen LogP contribution in [-0.2, 0) is 19.4 Å². The first-order valence-electron chi connectivity index (χ1n) is 5.87. The molecule has 0 saturated carbocycles. The van der Waals surface area contributed by atoms with Gasteiger partial charge >= 0.3 is 0 Å². The predicted molar refractivity (Wildman–Crippen MR) is 60.6 cm³/mol. The molecule has 0 aliphatic rings. The minimum Gasteiger partial charge on any atom is -0.0997 e. The molecule has 5 nitrogen and oxygen atoms in total. The number of hydrogen-bond donors (Lipinski definition) is 0. The Bertz CT molecular complexity index is 179. The molecule has 0 amide bonds. The molecule has 0 N–H and O–H groups in total. The zero-order valence-electron chi connectivity index (χ0n) is 11.4. The van der Waals surface area contributed by atoms with E-state index in [1.54, 1.807) is 0 Å². The monoisotopic (exact) mass is 236 g/mol. The van der Waals surface area contributed by atoms with Gasteiger partial charge in [-0.3, -0.25) is 0 Å². The zero-order chi connectivity index (χ0) is 12.7. The third kappa shape index (κ3) is 4.35. The van der Waals surface area contributed by atoms with Gasteiger partial charge in [0.25, 0.3) is 0 Å². The summed E-state index contributed by atoms with van der Waals surface area (Å²) in [5, 5.41) is -0.675. The number of nitrogens with zero attached hydrogens (tertiary/aromatic N) is 1. The second-order valence-electron chi connectivity index (χ2n) is 3.89. The van der Waals surface area contributed by atoms with Crippen LogP contribution in [0.25, 0.3) is 0 Å². The summed E-state index contributed by atoms with van der Waals surface area (Å²) >= 11 is 0. The summed E-state index contributed by atoms with van der Waals surface area (Å²) in [5.41, 5.74) is -0.334. The topological polar surface area (TPSA) is 36.9 Å². The van der Waals surface area contributed by atoms with Crippen LogP contribution in [0.5, 0.6) is 0 Å². The van der Waals surface area contributed by atoms with Crippen LogP contribution < -0.4 is 0 Å². The van der Waals surface area contributed by atoms with Gasteiger partial charge in [-0.25, -0.2) is 0 Å². The van der Waals surface area contributed by atoms with Gasteiger partial charge in [-0.05, 0) is 26.2 Å². The molecule has 0 aromatic heterocycles. The van der Waals surface area contributed by atoms with Crippen molar-refractivity contribution in [3.63, 3.8) is 0 Å². The van der Waals surface area contributed by atoms with E-state index in [0.717, 1.165) is 19.3 Å². The molecule has 5 heteroatoms. The van der Waals surface area contributed by atoms with Crippen molar-refractivity contribution in [3.05, 3.63) is 0 Å². The van der Waals surface area contributed by atoms with Crippen molar-refractivity contribution in [3.8, 4) is 0 Å². The maximum atomic E-state index is 5.80. The van der Waals surface area contributed by atoms with Crippen LogP contribution in [0.4, 0.5) is 0 Å². The zero-order valence-corrected chi connectivity index (χ0v) is 11.4. The highest BCUT2D eigenvalue weighted by Gasteiger charge is 2.43. The molecule has 0 saturated heterocycles. The summed E-state index contributed by atoms with van der Waals surface area (Å²) in [5.74, 6) is 0. The standard InChI is InChI=1S/C11H26NO4/c1-7-10-15-12(13-5,14-6)16-11(4,8-2)9-3/h7-10H2,1-6H3/q+1. The molecule has 0 fully saturated rings. The van der Waals surface area contributed by atoms with Crippen molar-refractivity contribution in [1.82, 2.24) is 0 Å². The highest BCUT2D eigenvalue weighted by molar-refractivity contribution is 4.67. The Hall–Kier alpha value is -0.200. The Morgan fingerprint density at radius 3 is 1.81 bits per heavy atom. The summed E-state index contributed by atoms with van der Waals surface area (Å²) in [7, 11) is 2.98. The quantitative estimate of drug-likeness (QED) is 0.455. The fourth-order valence-electron chi connectivity index (χ4n) is 1.13. The summed E-state index contributed by atoms with van der Waals surface area (Å²) in [6.45, 7) is 8.64. The van der Waals surface area contributed by atoms with Gasteiger partial charge in [0, 0.05) is 0 Å². The summed E-state index contributed by atoms with van der Waals surface area (Å²) < 4.78 is 0. The lowest BCUT2D eigenvalue weighted by Crippen LogP contribution is -2.52. The van der Waals surface area contributed by atoms with Crippen LogP contribution in [0.1, 0.15) is 47.0 Å². The van der Waals surface area contributed by atoms with E-state index < -0.39 is 5.14 Å². The first-order valence-corrected chi connectivity index (χ1v) is 5.87. The van der Waals surface area contributed by atoms with E-state index in [4.69, 9.17) is 19.4 Å². The van der Waals surface area contributed by atoms with E-state index in [1.807, 2.05) is 13.8 Å². The van der Waals surface area contributed by atoms with Gasteiger partial charge in [-0.15, -0.1) is 0 Å². The molecule has 0 heterocycles. The van der Waals surface area contributed by atoms with Gasteiger partial charge in [0.15, 0.2) is 0 Å². The Kier molecular flexibility index (Phi) is 7.10. The van der Waals surface area contributed by atoms with E-state index in [-0.39, 0.29) is 5.60 Å². The van der Waals surface area contributed by atoms with Crippen LogP contribution in [-0.4, -0.2) is 31.6 Å². The van der Waals surface area contributed by atoms with Crippen molar-refractivity contribution < 1.29 is 24.5 Å². The number of rotatable bonds is 9. The Balaban J connectivity index is 4.63. The maximum absolute atomic E-state index is 5.80. The number of hydrogen-bond acceptors (Lipinski definition) is 4. The molecule has 0 rings (SSSR count). The lowest BCUT2D eigenvalue weighted by atomic mass is 10.0. The third-order valence-electron chi connectivity index (χ3n) is 2.73. The highest BCUT2D eigenvalue weighted by atomic mass is 17.4. The minimum atomic E-state index is -0.675. The van der Waals surface area contributed by atoms with Crippen LogP contribution in [0, 0.1) is 0 Å². The molecule has 98 valence electrons. The average Bonchev–Trinajstić information content (AvgIpc) is 2.34. The van der Waals surface area contributed by atoms with Gasteiger partial charge in [0.2, 0.25) is 5.14 Å². The molecule has 0 radical (unpaired) electrons. The highest BCUT2D eigenvalue weighted by Crippen LogP contribution is 2.26. The molecule has 0 aliphatic heterocycles. The lowest BCUT2D eigenvalue weighted by Gasteiger charge is -2.31. The molecule has 0 aromatic rings. The molecular formula is C11H26NO4+. The van der Waals surface area contributed by atoms with Gasteiger partial charge < -0.3 is 0 Å². The smallest absolute Gasteiger partial charge is 0.0997 e. The molecule has 0 unspecified atom stereocenters. The van der Waals surface area contributed by atoms with Crippen molar-refractivity contribution in [1.29, 1.82) is 0 Å². The average molecular weight is 236 g/mol. The third-order valence-corrected chi connectivity index (χ3v) is 2.73. The lowest BCUT2D eigenvalue weighted by molar-refractivity contribution is -1.47. The molecular weight excluding hydrogens is 210 g/mol. The number of quaternary nitrogens is 1. The molecule has 0 atom stereocenters. The Labute approximate surface area is 98.6 Å². The molecule has 16 heavy (non-hydrogen) atoms. The second kappa shape index (κ2) is 7.19. The van der Waals surface area contributed by atoms with Gasteiger partial charge in [0.05, 0.1) is 0 Å². The van der Waals surface area contributed by atoms with Crippen LogP contribution in [0.2, 0.25) is 0 Å².